The largest absolute Gasteiger partial charge is 0.482 e. The van der Waals surface area contributed by atoms with Crippen molar-refractivity contribution in [2.45, 2.75) is 74.8 Å². The molecule has 1 aliphatic heterocycles. The van der Waals surface area contributed by atoms with Gasteiger partial charge in [-0.3, -0.25) is 0 Å². The van der Waals surface area contributed by atoms with Gasteiger partial charge in [-0.15, -0.1) is 0 Å². The number of hydrogen-bond acceptors (Lipinski definition) is 1. The fourth-order valence-corrected chi connectivity index (χ4v) is 4.54. The van der Waals surface area contributed by atoms with Crippen LogP contribution in [0.4, 0.5) is 0 Å². The molecule has 0 spiro atoms. The van der Waals surface area contributed by atoms with Gasteiger partial charge in [0.25, 0.3) is 0 Å². The van der Waals surface area contributed by atoms with E-state index >= 15 is 0 Å². The lowest BCUT2D eigenvalue weighted by atomic mass is 9.81. The van der Waals surface area contributed by atoms with Crippen LogP contribution >= 0.6 is 0 Å². The zero-order valence-electron chi connectivity index (χ0n) is 19.2. The minimum atomic E-state index is -0.286. The summed E-state index contributed by atoms with van der Waals surface area (Å²) >= 11 is 0. The van der Waals surface area contributed by atoms with E-state index in [2.05, 4.69) is 79.7 Å². The third kappa shape index (κ3) is 2.67. The van der Waals surface area contributed by atoms with Gasteiger partial charge in [0.2, 0.25) is 0 Å². The SMILES string of the molecule is CC.CC1=C(C)C(C)(C)Oc2c1c1ccccc1c1c(C)c(C)c(C)c(C)c21. The van der Waals surface area contributed by atoms with Gasteiger partial charge in [-0.1, -0.05) is 38.1 Å². The second-order valence-corrected chi connectivity index (χ2v) is 8.36. The van der Waals surface area contributed by atoms with Gasteiger partial charge in [-0.2, -0.15) is 0 Å². The number of hydrogen-bond donors (Lipinski definition) is 0. The molecule has 0 radical (unpaired) electrons. The zero-order valence-corrected chi connectivity index (χ0v) is 19.2. The van der Waals surface area contributed by atoms with Gasteiger partial charge < -0.3 is 4.74 Å². The third-order valence-electron chi connectivity index (χ3n) is 6.81. The maximum Gasteiger partial charge on any atom is 0.136 e. The average molecular weight is 375 g/mol. The first-order valence-electron chi connectivity index (χ1n) is 10.5. The summed E-state index contributed by atoms with van der Waals surface area (Å²) in [5, 5.41) is 5.27. The Bertz CT molecular complexity index is 1130. The van der Waals surface area contributed by atoms with Crippen molar-refractivity contribution in [3.8, 4) is 5.75 Å². The van der Waals surface area contributed by atoms with Gasteiger partial charge in [0.05, 0.1) is 0 Å². The summed E-state index contributed by atoms with van der Waals surface area (Å²) < 4.78 is 6.70. The van der Waals surface area contributed by atoms with Gasteiger partial charge in [-0.05, 0) is 105 Å². The molecule has 0 N–H and O–H groups in total. The Morgan fingerprint density at radius 1 is 0.679 bits per heavy atom. The molecule has 0 saturated heterocycles. The molecule has 3 aromatic carbocycles. The lowest BCUT2D eigenvalue weighted by Crippen LogP contribution is -2.33. The molecule has 0 fully saturated rings. The summed E-state index contributed by atoms with van der Waals surface area (Å²) in [7, 11) is 0. The number of rotatable bonds is 0. The fraction of sp³-hybridized carbons (Fsp3) is 0.407. The van der Waals surface area contributed by atoms with Crippen LogP contribution in [-0.2, 0) is 0 Å². The predicted molar refractivity (Wildman–Crippen MR) is 125 cm³/mol. The van der Waals surface area contributed by atoms with E-state index in [0.29, 0.717) is 0 Å². The van der Waals surface area contributed by atoms with Gasteiger partial charge >= 0.3 is 0 Å². The van der Waals surface area contributed by atoms with Crippen molar-refractivity contribution in [3.63, 3.8) is 0 Å². The van der Waals surface area contributed by atoms with Crippen molar-refractivity contribution in [1.29, 1.82) is 0 Å². The zero-order chi connectivity index (χ0) is 21.0. The Hall–Kier alpha value is -2.28. The summed E-state index contributed by atoms with van der Waals surface area (Å²) in [5.74, 6) is 1.07. The number of aryl methyl sites for hydroxylation is 2. The van der Waals surface area contributed by atoms with E-state index in [0.717, 1.165) is 5.75 Å². The van der Waals surface area contributed by atoms with E-state index in [9.17, 15) is 0 Å². The first-order valence-corrected chi connectivity index (χ1v) is 10.5. The van der Waals surface area contributed by atoms with Gasteiger partial charge in [0.15, 0.2) is 0 Å². The summed E-state index contributed by atoms with van der Waals surface area (Å²) in [5.41, 5.74) is 9.12. The highest BCUT2D eigenvalue weighted by Gasteiger charge is 2.34. The molecule has 0 saturated carbocycles. The normalized spacial score (nSPS) is 15.2. The van der Waals surface area contributed by atoms with E-state index in [1.807, 2.05) is 13.8 Å². The Morgan fingerprint density at radius 2 is 1.18 bits per heavy atom. The molecule has 1 heteroatoms. The summed E-state index contributed by atoms with van der Waals surface area (Å²) in [6, 6.07) is 8.80. The van der Waals surface area contributed by atoms with E-state index in [4.69, 9.17) is 4.74 Å². The Balaban J connectivity index is 0.00000109. The third-order valence-corrected chi connectivity index (χ3v) is 6.81. The van der Waals surface area contributed by atoms with E-state index in [-0.39, 0.29) is 5.60 Å². The van der Waals surface area contributed by atoms with Crippen LogP contribution in [0.3, 0.4) is 0 Å². The van der Waals surface area contributed by atoms with Crippen LogP contribution in [0.1, 0.15) is 69.4 Å². The standard InChI is InChI=1S/C25H28O.C2H6/c1-13-14(2)16(4)23-21(15(13)3)19-11-9-10-12-20(19)22-17(5)18(6)25(7,8)26-24(22)23;1-2/h9-12H,1-8H3;1-2H3. The first kappa shape index (κ1) is 20.5. The molecule has 0 aromatic heterocycles. The number of benzene rings is 3. The quantitative estimate of drug-likeness (QED) is 0.360. The van der Waals surface area contributed by atoms with Crippen molar-refractivity contribution in [2.24, 2.45) is 0 Å². The molecule has 3 aromatic rings. The summed E-state index contributed by atoms with van der Waals surface area (Å²) in [4.78, 5) is 0. The highest BCUT2D eigenvalue weighted by molar-refractivity contribution is 6.18. The molecule has 4 rings (SSSR count). The number of allylic oxidation sites excluding steroid dienone is 1. The minimum absolute atomic E-state index is 0.286. The van der Waals surface area contributed by atoms with Gasteiger partial charge in [0.1, 0.15) is 11.4 Å². The monoisotopic (exact) mass is 374 g/mol. The molecule has 0 aliphatic carbocycles. The van der Waals surface area contributed by atoms with Crippen LogP contribution in [0, 0.1) is 27.7 Å². The second kappa shape index (κ2) is 6.95. The lowest BCUT2D eigenvalue weighted by molar-refractivity contribution is 0.147. The molecule has 0 unspecified atom stereocenters. The lowest BCUT2D eigenvalue weighted by Gasteiger charge is -2.37. The van der Waals surface area contributed by atoms with Crippen molar-refractivity contribution >= 4 is 27.1 Å². The second-order valence-electron chi connectivity index (χ2n) is 8.36. The maximum atomic E-state index is 6.70. The molecule has 148 valence electrons. The molecule has 0 amide bonds. The van der Waals surface area contributed by atoms with E-state index in [1.165, 1.54) is 60.5 Å². The highest BCUT2D eigenvalue weighted by Crippen LogP contribution is 2.50. The smallest absolute Gasteiger partial charge is 0.136 e. The van der Waals surface area contributed by atoms with Crippen molar-refractivity contribution < 1.29 is 4.74 Å². The van der Waals surface area contributed by atoms with E-state index in [1.54, 1.807) is 0 Å². The number of ether oxygens (including phenoxy) is 1. The Kier molecular flexibility index (Phi) is 5.08. The molecule has 28 heavy (non-hydrogen) atoms. The molecule has 0 atom stereocenters. The average Bonchev–Trinajstić information content (AvgIpc) is 2.69. The van der Waals surface area contributed by atoms with Crippen LogP contribution < -0.4 is 4.74 Å². The van der Waals surface area contributed by atoms with Crippen molar-refractivity contribution in [3.05, 3.63) is 57.7 Å². The number of fused-ring (bicyclic) bond motifs is 6. The Labute approximate surface area is 170 Å². The molecule has 1 nitrogen and oxygen atoms in total. The molecule has 1 aliphatic rings. The maximum absolute atomic E-state index is 6.70. The molecule has 0 bridgehead atoms. The Morgan fingerprint density at radius 3 is 1.75 bits per heavy atom. The topological polar surface area (TPSA) is 9.23 Å². The van der Waals surface area contributed by atoms with Crippen LogP contribution in [-0.4, -0.2) is 5.60 Å². The molecule has 1 heterocycles. The minimum Gasteiger partial charge on any atom is -0.482 e. The van der Waals surface area contributed by atoms with Crippen LogP contribution in [0.2, 0.25) is 0 Å². The van der Waals surface area contributed by atoms with Crippen LogP contribution in [0.25, 0.3) is 27.1 Å². The van der Waals surface area contributed by atoms with Crippen molar-refractivity contribution in [1.82, 2.24) is 0 Å². The fourth-order valence-electron chi connectivity index (χ4n) is 4.54. The van der Waals surface area contributed by atoms with Crippen molar-refractivity contribution in [2.75, 3.05) is 0 Å². The highest BCUT2D eigenvalue weighted by atomic mass is 16.5. The predicted octanol–water partition coefficient (Wildman–Crippen LogP) is 8.22. The molecular weight excluding hydrogens is 340 g/mol. The van der Waals surface area contributed by atoms with Crippen LogP contribution in [0.5, 0.6) is 5.75 Å². The van der Waals surface area contributed by atoms with Crippen LogP contribution in [0.15, 0.2) is 29.8 Å². The van der Waals surface area contributed by atoms with E-state index < -0.39 is 0 Å². The molecular formula is C27H34O. The summed E-state index contributed by atoms with van der Waals surface area (Å²) in [6.45, 7) is 21.8. The summed E-state index contributed by atoms with van der Waals surface area (Å²) in [6.07, 6.45) is 0. The van der Waals surface area contributed by atoms with Gasteiger partial charge in [0, 0.05) is 10.9 Å². The van der Waals surface area contributed by atoms with Gasteiger partial charge in [-0.25, -0.2) is 0 Å². The first-order chi connectivity index (χ1) is 13.2.